The van der Waals surface area contributed by atoms with Crippen LogP contribution in [-0.2, 0) is 17.1 Å². The van der Waals surface area contributed by atoms with E-state index in [4.69, 9.17) is 11.6 Å². The monoisotopic (exact) mass is 396 g/mol. The van der Waals surface area contributed by atoms with Crippen molar-refractivity contribution in [2.45, 2.75) is 18.4 Å². The van der Waals surface area contributed by atoms with Crippen molar-refractivity contribution in [1.82, 2.24) is 18.8 Å². The molecule has 1 aliphatic heterocycles. The highest BCUT2D eigenvalue weighted by Gasteiger charge is 2.30. The summed E-state index contributed by atoms with van der Waals surface area (Å²) >= 11 is 5.86. The van der Waals surface area contributed by atoms with E-state index in [1.165, 1.54) is 10.5 Å². The van der Waals surface area contributed by atoms with Crippen molar-refractivity contribution < 1.29 is 13.2 Å². The molecule has 0 radical (unpaired) electrons. The summed E-state index contributed by atoms with van der Waals surface area (Å²) in [4.78, 5) is 18.5. The summed E-state index contributed by atoms with van der Waals surface area (Å²) < 4.78 is 28.7. The Kier molecular flexibility index (Phi) is 5.36. The molecular weight excluding hydrogens is 376 g/mol. The fourth-order valence-electron chi connectivity index (χ4n) is 2.90. The van der Waals surface area contributed by atoms with E-state index in [0.29, 0.717) is 42.5 Å². The van der Waals surface area contributed by atoms with Crippen LogP contribution in [0.3, 0.4) is 0 Å². The van der Waals surface area contributed by atoms with E-state index in [0.717, 1.165) is 0 Å². The topological polar surface area (TPSA) is 75.5 Å². The third kappa shape index (κ3) is 3.77. The molecule has 3 rings (SSSR count). The molecule has 1 aromatic carbocycles. The number of hydrogen-bond donors (Lipinski definition) is 0. The number of imidazole rings is 1. The normalized spacial score (nSPS) is 16.5. The summed E-state index contributed by atoms with van der Waals surface area (Å²) in [6, 6.07) is 6.71. The maximum absolute atomic E-state index is 12.8. The van der Waals surface area contributed by atoms with Gasteiger partial charge in [-0.3, -0.25) is 4.79 Å². The maximum Gasteiger partial charge on any atom is 0.262 e. The molecule has 0 spiro atoms. The number of amides is 1. The van der Waals surface area contributed by atoms with Gasteiger partial charge < -0.3 is 9.47 Å². The minimum atomic E-state index is -3.66. The lowest BCUT2D eigenvalue weighted by Crippen LogP contribution is -2.37. The lowest BCUT2D eigenvalue weighted by Gasteiger charge is -2.21. The molecule has 1 aliphatic rings. The van der Waals surface area contributed by atoms with Gasteiger partial charge in [-0.15, -0.1) is 0 Å². The Balaban J connectivity index is 1.73. The minimum absolute atomic E-state index is 0.0509. The van der Waals surface area contributed by atoms with Gasteiger partial charge in [0.1, 0.15) is 5.82 Å². The second kappa shape index (κ2) is 7.38. The molecule has 7 nitrogen and oxygen atoms in total. The maximum atomic E-state index is 12.8. The van der Waals surface area contributed by atoms with E-state index in [1.54, 1.807) is 47.7 Å². The molecule has 0 aliphatic carbocycles. The fraction of sp³-hybridized carbons (Fsp3) is 0.412. The van der Waals surface area contributed by atoms with E-state index in [2.05, 4.69) is 4.98 Å². The predicted octanol–water partition coefficient (Wildman–Crippen LogP) is 1.92. The standard InChI is InChI=1S/C17H21ClN4O3S/c1-13-19-16(12-20(13)2)26(24,25)22-9-3-8-21(10-11-22)17(23)14-4-6-15(18)7-5-14/h4-7,12H,3,8-11H2,1-2H3. The summed E-state index contributed by atoms with van der Waals surface area (Å²) in [6.45, 7) is 3.22. The first kappa shape index (κ1) is 18.9. The molecule has 26 heavy (non-hydrogen) atoms. The van der Waals surface area contributed by atoms with Gasteiger partial charge in [0.2, 0.25) is 0 Å². The summed E-state index contributed by atoms with van der Waals surface area (Å²) in [5.74, 6) is 0.521. The lowest BCUT2D eigenvalue weighted by molar-refractivity contribution is 0.0764. The second-order valence-electron chi connectivity index (χ2n) is 6.29. The van der Waals surface area contributed by atoms with Gasteiger partial charge in [0.15, 0.2) is 5.03 Å². The Hall–Kier alpha value is -1.90. The Bertz CT molecular complexity index is 889. The molecule has 2 heterocycles. The highest BCUT2D eigenvalue weighted by molar-refractivity contribution is 7.89. The summed E-state index contributed by atoms with van der Waals surface area (Å²) in [7, 11) is -1.90. The van der Waals surface area contributed by atoms with Crippen molar-refractivity contribution in [2.24, 2.45) is 7.05 Å². The molecule has 1 amide bonds. The average Bonchev–Trinajstić information content (AvgIpc) is 2.82. The van der Waals surface area contributed by atoms with Crippen LogP contribution in [-0.4, -0.2) is 59.3 Å². The van der Waals surface area contributed by atoms with Crippen molar-refractivity contribution >= 4 is 27.5 Å². The molecule has 1 fully saturated rings. The van der Waals surface area contributed by atoms with E-state index >= 15 is 0 Å². The lowest BCUT2D eigenvalue weighted by atomic mass is 10.2. The SMILES string of the molecule is Cc1nc(S(=O)(=O)N2CCCN(C(=O)c3ccc(Cl)cc3)CC2)cn1C. The minimum Gasteiger partial charge on any atom is -0.337 e. The van der Waals surface area contributed by atoms with E-state index in [-0.39, 0.29) is 17.5 Å². The van der Waals surface area contributed by atoms with Crippen molar-refractivity contribution in [3.05, 3.63) is 46.9 Å². The highest BCUT2D eigenvalue weighted by Crippen LogP contribution is 2.18. The van der Waals surface area contributed by atoms with Gasteiger partial charge in [0, 0.05) is 50.0 Å². The van der Waals surface area contributed by atoms with Crippen LogP contribution in [0.1, 0.15) is 22.6 Å². The Morgan fingerprint density at radius 3 is 2.42 bits per heavy atom. The number of rotatable bonds is 3. The first-order valence-electron chi connectivity index (χ1n) is 8.34. The number of benzene rings is 1. The van der Waals surface area contributed by atoms with Crippen LogP contribution < -0.4 is 0 Å². The van der Waals surface area contributed by atoms with Crippen LogP contribution in [0, 0.1) is 6.92 Å². The van der Waals surface area contributed by atoms with Crippen LogP contribution in [0.4, 0.5) is 0 Å². The van der Waals surface area contributed by atoms with Gasteiger partial charge in [-0.05, 0) is 37.6 Å². The average molecular weight is 397 g/mol. The molecule has 0 N–H and O–H groups in total. The van der Waals surface area contributed by atoms with Gasteiger partial charge in [-0.25, -0.2) is 13.4 Å². The van der Waals surface area contributed by atoms with Crippen molar-refractivity contribution in [2.75, 3.05) is 26.2 Å². The zero-order chi connectivity index (χ0) is 18.9. The summed E-state index contributed by atoms with van der Waals surface area (Å²) in [6.07, 6.45) is 2.09. The molecule has 2 aromatic rings. The highest BCUT2D eigenvalue weighted by atomic mass is 35.5. The third-order valence-electron chi connectivity index (χ3n) is 4.52. The molecule has 0 unspecified atom stereocenters. The molecular formula is C17H21ClN4O3S. The first-order chi connectivity index (χ1) is 12.3. The molecule has 0 bridgehead atoms. The number of aryl methyl sites for hydroxylation is 2. The zero-order valence-electron chi connectivity index (χ0n) is 14.7. The number of hydrogen-bond acceptors (Lipinski definition) is 4. The number of halogens is 1. The zero-order valence-corrected chi connectivity index (χ0v) is 16.3. The van der Waals surface area contributed by atoms with Crippen molar-refractivity contribution in [1.29, 1.82) is 0 Å². The Morgan fingerprint density at radius 1 is 1.12 bits per heavy atom. The molecule has 0 atom stereocenters. The van der Waals surface area contributed by atoms with Crippen molar-refractivity contribution in [3.63, 3.8) is 0 Å². The number of aromatic nitrogens is 2. The number of carbonyl (C=O) groups is 1. The summed E-state index contributed by atoms with van der Waals surface area (Å²) in [5, 5.41) is 0.621. The molecule has 0 saturated carbocycles. The third-order valence-corrected chi connectivity index (χ3v) is 6.55. The fourth-order valence-corrected chi connectivity index (χ4v) is 4.52. The predicted molar refractivity (Wildman–Crippen MR) is 98.7 cm³/mol. The first-order valence-corrected chi connectivity index (χ1v) is 10.2. The van der Waals surface area contributed by atoms with Crippen LogP contribution in [0.2, 0.25) is 5.02 Å². The molecule has 1 saturated heterocycles. The van der Waals surface area contributed by atoms with Crippen LogP contribution in [0.25, 0.3) is 0 Å². The van der Waals surface area contributed by atoms with Gasteiger partial charge in [-0.1, -0.05) is 11.6 Å². The quantitative estimate of drug-likeness (QED) is 0.794. The van der Waals surface area contributed by atoms with Crippen LogP contribution >= 0.6 is 11.6 Å². The summed E-state index contributed by atoms with van der Waals surface area (Å²) in [5.41, 5.74) is 0.547. The van der Waals surface area contributed by atoms with Crippen molar-refractivity contribution in [3.8, 4) is 0 Å². The van der Waals surface area contributed by atoms with Gasteiger partial charge in [0.05, 0.1) is 0 Å². The largest absolute Gasteiger partial charge is 0.337 e. The van der Waals surface area contributed by atoms with E-state index in [1.807, 2.05) is 0 Å². The van der Waals surface area contributed by atoms with Crippen LogP contribution in [0.5, 0.6) is 0 Å². The Labute approximate surface area is 158 Å². The number of nitrogens with zero attached hydrogens (tertiary/aromatic N) is 4. The molecule has 140 valence electrons. The number of carbonyl (C=O) groups excluding carboxylic acids is 1. The Morgan fingerprint density at radius 2 is 1.81 bits per heavy atom. The second-order valence-corrected chi connectivity index (χ2v) is 8.62. The smallest absolute Gasteiger partial charge is 0.262 e. The van der Waals surface area contributed by atoms with Gasteiger partial charge >= 0.3 is 0 Å². The van der Waals surface area contributed by atoms with Gasteiger partial charge in [-0.2, -0.15) is 4.31 Å². The van der Waals surface area contributed by atoms with Gasteiger partial charge in [0.25, 0.3) is 15.9 Å². The number of sulfonamides is 1. The van der Waals surface area contributed by atoms with E-state index < -0.39 is 10.0 Å². The van der Waals surface area contributed by atoms with E-state index in [9.17, 15) is 13.2 Å². The molecule has 9 heteroatoms. The molecule has 1 aromatic heterocycles. The van der Waals surface area contributed by atoms with Crippen LogP contribution in [0.15, 0.2) is 35.5 Å².